The molecule has 0 radical (unpaired) electrons. The Balaban J connectivity index is 2.51. The second-order valence-electron chi connectivity index (χ2n) is 4.61. The first-order valence-corrected chi connectivity index (χ1v) is 6.20. The molecule has 2 N–H and O–H groups in total. The van der Waals surface area contributed by atoms with Crippen LogP contribution in [0.3, 0.4) is 0 Å². The van der Waals surface area contributed by atoms with E-state index in [9.17, 15) is 4.48 Å². The lowest BCUT2D eigenvalue weighted by atomic mass is 10.0. The fraction of sp³-hybridized carbons (Fsp3) is 0.200. The molecule has 0 heterocycles. The number of hydrogen-bond donors (Lipinski definition) is 1. The number of anilines is 2. The van der Waals surface area contributed by atoms with Crippen molar-refractivity contribution in [3.63, 3.8) is 0 Å². The minimum Gasteiger partial charge on any atom is -0.494 e. The summed E-state index contributed by atoms with van der Waals surface area (Å²) in [6.07, 6.45) is 0. The van der Waals surface area contributed by atoms with Crippen molar-refractivity contribution in [2.45, 2.75) is 0 Å². The molecule has 5 heteroatoms. The van der Waals surface area contributed by atoms with Gasteiger partial charge in [0.2, 0.25) is 0 Å². The van der Waals surface area contributed by atoms with Gasteiger partial charge in [0, 0.05) is 25.3 Å². The van der Waals surface area contributed by atoms with Gasteiger partial charge < -0.3 is 9.64 Å². The third-order valence-corrected chi connectivity index (χ3v) is 3.13. The van der Waals surface area contributed by atoms with E-state index in [1.54, 1.807) is 12.1 Å². The van der Waals surface area contributed by atoms with Crippen LogP contribution >= 0.6 is 0 Å². The summed E-state index contributed by atoms with van der Waals surface area (Å²) in [6, 6.07) is 13.1. The van der Waals surface area contributed by atoms with Crippen molar-refractivity contribution in [3.8, 4) is 16.9 Å². The van der Waals surface area contributed by atoms with Gasteiger partial charge in [-0.2, -0.15) is 0 Å². The molecule has 0 aliphatic rings. The molecule has 20 heavy (non-hydrogen) atoms. The molecule has 0 saturated heterocycles. The van der Waals surface area contributed by atoms with Gasteiger partial charge in [-0.3, -0.25) is 0 Å². The second-order valence-corrected chi connectivity index (χ2v) is 4.61. The van der Waals surface area contributed by atoms with E-state index < -0.39 is 0 Å². The smallest absolute Gasteiger partial charge is 0.147 e. The Labute approximate surface area is 118 Å². The van der Waals surface area contributed by atoms with E-state index in [2.05, 4.69) is 0 Å². The average molecular weight is 275 g/mol. The number of methoxy groups -OCH3 is 1. The molecule has 0 aromatic heterocycles. The van der Waals surface area contributed by atoms with Crippen molar-refractivity contribution < 1.29 is 9.22 Å². The molecular formula is C15H18FN3O. The van der Waals surface area contributed by atoms with Crippen LogP contribution < -0.4 is 20.7 Å². The number of halogens is 1. The molecule has 0 aliphatic heterocycles. The van der Waals surface area contributed by atoms with Crippen LogP contribution in [0.15, 0.2) is 42.5 Å². The monoisotopic (exact) mass is 275 g/mol. The molecule has 0 fully saturated rings. The van der Waals surface area contributed by atoms with Gasteiger partial charge in [0.1, 0.15) is 11.4 Å². The van der Waals surface area contributed by atoms with Crippen molar-refractivity contribution in [2.24, 2.45) is 5.84 Å². The second kappa shape index (κ2) is 5.79. The SMILES string of the molecule is COc1cccc(-c2ccc(N(C)C)cc2)c1N(N)F. The molecule has 2 aromatic carbocycles. The predicted octanol–water partition coefficient (Wildman–Crippen LogP) is 2.99. The van der Waals surface area contributed by atoms with Gasteiger partial charge in [-0.1, -0.05) is 28.7 Å². The summed E-state index contributed by atoms with van der Waals surface area (Å²) < 4.78 is 18.7. The lowest BCUT2D eigenvalue weighted by molar-refractivity contribution is 0.394. The number of rotatable bonds is 4. The fourth-order valence-corrected chi connectivity index (χ4v) is 2.08. The lowest BCUT2D eigenvalue weighted by Gasteiger charge is -2.17. The summed E-state index contributed by atoms with van der Waals surface area (Å²) in [5.74, 6) is 5.68. The summed E-state index contributed by atoms with van der Waals surface area (Å²) in [7, 11) is 5.42. The maximum absolute atomic E-state index is 13.6. The first-order valence-electron chi connectivity index (χ1n) is 6.20. The Bertz CT molecular complexity index is 582. The predicted molar refractivity (Wildman–Crippen MR) is 80.5 cm³/mol. The molecular weight excluding hydrogens is 257 g/mol. The maximum atomic E-state index is 13.6. The minimum atomic E-state index is 0.0913. The zero-order chi connectivity index (χ0) is 14.7. The van der Waals surface area contributed by atoms with Gasteiger partial charge in [0.05, 0.1) is 7.11 Å². The summed E-state index contributed by atoms with van der Waals surface area (Å²) in [4.78, 5) is 2.00. The molecule has 106 valence electrons. The molecule has 0 unspecified atom stereocenters. The molecule has 0 bridgehead atoms. The summed E-state index contributed by atoms with van der Waals surface area (Å²) >= 11 is 0. The standard InChI is InChI=1S/C15H18FN3O/c1-18(2)12-9-7-11(8-10-12)13-5-4-6-14(20-3)15(13)19(16)17/h4-10H,17H2,1-3H3. The topological polar surface area (TPSA) is 41.7 Å². The van der Waals surface area contributed by atoms with Crippen LogP contribution in [-0.2, 0) is 0 Å². The van der Waals surface area contributed by atoms with Crippen LogP contribution in [0.25, 0.3) is 11.1 Å². The molecule has 2 aromatic rings. The van der Waals surface area contributed by atoms with E-state index in [1.165, 1.54) is 7.11 Å². The van der Waals surface area contributed by atoms with Crippen LogP contribution in [0, 0.1) is 0 Å². The van der Waals surface area contributed by atoms with E-state index in [-0.39, 0.29) is 10.9 Å². The highest BCUT2D eigenvalue weighted by Gasteiger charge is 2.15. The van der Waals surface area contributed by atoms with Gasteiger partial charge in [-0.05, 0) is 23.8 Å². The number of ether oxygens (including phenoxy) is 1. The largest absolute Gasteiger partial charge is 0.494 e. The fourth-order valence-electron chi connectivity index (χ4n) is 2.08. The van der Waals surface area contributed by atoms with E-state index in [1.807, 2.05) is 49.3 Å². The number of hydrazine groups is 1. The van der Waals surface area contributed by atoms with Crippen LogP contribution in [0.4, 0.5) is 15.9 Å². The van der Waals surface area contributed by atoms with Crippen molar-refractivity contribution in [2.75, 3.05) is 31.3 Å². The lowest BCUT2D eigenvalue weighted by Crippen LogP contribution is -2.21. The number of nitrogens with two attached hydrogens (primary N) is 1. The minimum absolute atomic E-state index is 0.0913. The number of hydrogen-bond acceptors (Lipinski definition) is 4. The van der Waals surface area contributed by atoms with Gasteiger partial charge in [0.15, 0.2) is 0 Å². The molecule has 4 nitrogen and oxygen atoms in total. The molecule has 0 saturated carbocycles. The normalized spacial score (nSPS) is 10.2. The van der Waals surface area contributed by atoms with Crippen molar-refractivity contribution in [1.82, 2.24) is 0 Å². The van der Waals surface area contributed by atoms with Crippen LogP contribution in [0.2, 0.25) is 0 Å². The quantitative estimate of drug-likeness (QED) is 0.529. The van der Waals surface area contributed by atoms with E-state index in [0.717, 1.165) is 11.3 Å². The van der Waals surface area contributed by atoms with E-state index >= 15 is 0 Å². The number of benzene rings is 2. The number of nitrogens with zero attached hydrogens (tertiary/aromatic N) is 2. The zero-order valence-electron chi connectivity index (χ0n) is 11.8. The van der Waals surface area contributed by atoms with Gasteiger partial charge >= 0.3 is 0 Å². The van der Waals surface area contributed by atoms with Gasteiger partial charge in [-0.15, -0.1) is 5.23 Å². The number of para-hydroxylation sites is 1. The molecule has 0 amide bonds. The third-order valence-electron chi connectivity index (χ3n) is 3.13. The average Bonchev–Trinajstić information content (AvgIpc) is 2.46. The first kappa shape index (κ1) is 14.1. The highest BCUT2D eigenvalue weighted by Crippen LogP contribution is 2.38. The Morgan fingerprint density at radius 1 is 1.05 bits per heavy atom. The highest BCUT2D eigenvalue weighted by molar-refractivity contribution is 5.82. The third kappa shape index (κ3) is 2.67. The van der Waals surface area contributed by atoms with Crippen molar-refractivity contribution in [3.05, 3.63) is 42.5 Å². The van der Waals surface area contributed by atoms with Gasteiger partial charge in [-0.25, -0.2) is 5.84 Å². The summed E-state index contributed by atoms with van der Waals surface area (Å²) in [6.45, 7) is 0. The Morgan fingerprint density at radius 3 is 2.20 bits per heavy atom. The Kier molecular flexibility index (Phi) is 4.10. The van der Waals surface area contributed by atoms with Crippen LogP contribution in [0.1, 0.15) is 0 Å². The van der Waals surface area contributed by atoms with Crippen LogP contribution in [-0.4, -0.2) is 21.2 Å². The van der Waals surface area contributed by atoms with Crippen LogP contribution in [0.5, 0.6) is 5.75 Å². The van der Waals surface area contributed by atoms with E-state index in [0.29, 0.717) is 11.3 Å². The molecule has 2 rings (SSSR count). The summed E-state index contributed by atoms with van der Waals surface area (Å²) in [5.41, 5.74) is 2.84. The molecule has 0 spiro atoms. The van der Waals surface area contributed by atoms with Gasteiger partial charge in [0.25, 0.3) is 0 Å². The molecule has 0 atom stereocenters. The highest BCUT2D eigenvalue weighted by atomic mass is 19.2. The molecule has 0 aliphatic carbocycles. The first-order chi connectivity index (χ1) is 9.54. The van der Waals surface area contributed by atoms with Crippen molar-refractivity contribution in [1.29, 1.82) is 0 Å². The maximum Gasteiger partial charge on any atom is 0.147 e. The van der Waals surface area contributed by atoms with Crippen molar-refractivity contribution >= 4 is 11.4 Å². The van der Waals surface area contributed by atoms with E-state index in [4.69, 9.17) is 10.6 Å². The Morgan fingerprint density at radius 2 is 1.70 bits per heavy atom. The zero-order valence-corrected chi connectivity index (χ0v) is 11.8. The summed E-state index contributed by atoms with van der Waals surface area (Å²) in [5, 5.41) is 0.0913. The Hall–Kier alpha value is -2.27.